The third kappa shape index (κ3) is 7.69. The van der Waals surface area contributed by atoms with Gasteiger partial charge in [0.2, 0.25) is 0 Å². The van der Waals surface area contributed by atoms with Crippen LogP contribution < -0.4 is 17.2 Å². The number of hydrogen-bond acceptors (Lipinski definition) is 3. The van der Waals surface area contributed by atoms with E-state index in [4.69, 9.17) is 0 Å². The summed E-state index contributed by atoms with van der Waals surface area (Å²) in [7, 11) is 4.50. The Hall–Kier alpha value is -0.563. The van der Waals surface area contributed by atoms with Crippen molar-refractivity contribution in [2.45, 2.75) is 6.42 Å². The topological polar surface area (TPSA) is 78.1 Å². The van der Waals surface area contributed by atoms with E-state index in [0.717, 1.165) is 6.42 Å². The van der Waals surface area contributed by atoms with Crippen molar-refractivity contribution in [3.63, 3.8) is 0 Å². The van der Waals surface area contributed by atoms with Crippen molar-refractivity contribution in [2.75, 3.05) is 21.1 Å². The molecule has 0 amide bonds. The van der Waals surface area contributed by atoms with Crippen LogP contribution in [0.25, 0.3) is 6.08 Å². The van der Waals surface area contributed by atoms with E-state index in [0.29, 0.717) is 0 Å². The fourth-order valence-electron chi connectivity index (χ4n) is 1.20. The standard InChI is InChI=1S/C9H8.3CH5N.Li.H/c1-2-5-9-7-3-6-8(9)4-1;3*1-2;;/h1-6H,7H2;3*2H2,1H3;;. The van der Waals surface area contributed by atoms with Gasteiger partial charge in [0, 0.05) is 0 Å². The molecule has 0 radical (unpaired) electrons. The van der Waals surface area contributed by atoms with Crippen LogP contribution in [0, 0.1) is 0 Å². The van der Waals surface area contributed by atoms with Crippen LogP contribution in [0.2, 0.25) is 0 Å². The van der Waals surface area contributed by atoms with E-state index in [1.807, 2.05) is 0 Å². The van der Waals surface area contributed by atoms with Gasteiger partial charge in [0.15, 0.2) is 0 Å². The Morgan fingerprint density at radius 2 is 1.38 bits per heavy atom. The number of hydrogen-bond donors (Lipinski definition) is 3. The summed E-state index contributed by atoms with van der Waals surface area (Å²) in [5.74, 6) is 0. The second kappa shape index (κ2) is 16.9. The fourth-order valence-corrected chi connectivity index (χ4v) is 1.20. The SMILES string of the molecule is C1=Cc2ccccc2C1.CN.CN.CN.[LiH]. The third-order valence-electron chi connectivity index (χ3n) is 1.69. The summed E-state index contributed by atoms with van der Waals surface area (Å²) in [6.07, 6.45) is 5.50. The summed E-state index contributed by atoms with van der Waals surface area (Å²) < 4.78 is 0. The summed E-state index contributed by atoms with van der Waals surface area (Å²) >= 11 is 0. The van der Waals surface area contributed by atoms with E-state index in [-0.39, 0.29) is 18.9 Å². The van der Waals surface area contributed by atoms with Crippen molar-refractivity contribution in [1.29, 1.82) is 0 Å². The number of nitrogens with two attached hydrogens (primary N) is 3. The Kier molecular flexibility index (Phi) is 21.9. The van der Waals surface area contributed by atoms with Crippen molar-refractivity contribution in [1.82, 2.24) is 0 Å². The van der Waals surface area contributed by atoms with Crippen LogP contribution in [0.15, 0.2) is 30.3 Å². The van der Waals surface area contributed by atoms with Gasteiger partial charge in [-0.15, -0.1) is 0 Å². The summed E-state index contributed by atoms with van der Waals surface area (Å²) in [6, 6.07) is 8.49. The van der Waals surface area contributed by atoms with Crippen LogP contribution in [-0.4, -0.2) is 40.0 Å². The Morgan fingerprint density at radius 3 is 1.88 bits per heavy atom. The normalized spacial score (nSPS) is 8.88. The number of rotatable bonds is 0. The van der Waals surface area contributed by atoms with Gasteiger partial charge in [-0.2, -0.15) is 0 Å². The molecule has 0 aliphatic heterocycles. The summed E-state index contributed by atoms with van der Waals surface area (Å²) in [4.78, 5) is 0. The maximum absolute atomic E-state index is 4.50. The molecule has 1 aliphatic rings. The monoisotopic (exact) mass is 217 g/mol. The average molecular weight is 217 g/mol. The van der Waals surface area contributed by atoms with Gasteiger partial charge < -0.3 is 17.2 Å². The molecule has 88 valence electrons. The van der Waals surface area contributed by atoms with Crippen LogP contribution in [0.5, 0.6) is 0 Å². The molecule has 16 heavy (non-hydrogen) atoms. The van der Waals surface area contributed by atoms with E-state index < -0.39 is 0 Å². The first-order chi connectivity index (χ1) is 7.47. The Labute approximate surface area is 111 Å². The van der Waals surface area contributed by atoms with Gasteiger partial charge in [-0.1, -0.05) is 36.4 Å². The van der Waals surface area contributed by atoms with Gasteiger partial charge in [0.1, 0.15) is 0 Å². The number of benzene rings is 1. The first-order valence-corrected chi connectivity index (χ1v) is 4.94. The zero-order valence-electron chi connectivity index (χ0n) is 9.90. The molecule has 0 bridgehead atoms. The van der Waals surface area contributed by atoms with Crippen molar-refractivity contribution in [3.05, 3.63) is 41.5 Å². The van der Waals surface area contributed by atoms with E-state index >= 15 is 0 Å². The Bertz CT molecular complexity index is 262. The third-order valence-corrected chi connectivity index (χ3v) is 1.69. The van der Waals surface area contributed by atoms with Crippen molar-refractivity contribution < 1.29 is 0 Å². The zero-order chi connectivity index (χ0) is 12.1. The van der Waals surface area contributed by atoms with Gasteiger partial charge in [0.05, 0.1) is 0 Å². The Morgan fingerprint density at radius 1 is 0.875 bits per heavy atom. The second-order valence-corrected chi connectivity index (χ2v) is 2.31. The molecule has 1 aliphatic carbocycles. The van der Waals surface area contributed by atoms with Crippen LogP contribution in [0.3, 0.4) is 0 Å². The van der Waals surface area contributed by atoms with Crippen LogP contribution in [-0.2, 0) is 6.42 Å². The molecule has 0 spiro atoms. The fraction of sp³-hybridized carbons (Fsp3) is 0.333. The summed E-state index contributed by atoms with van der Waals surface area (Å²) in [5.41, 5.74) is 16.3. The van der Waals surface area contributed by atoms with Crippen LogP contribution in [0.4, 0.5) is 0 Å². The van der Waals surface area contributed by atoms with E-state index in [1.54, 1.807) is 0 Å². The summed E-state index contributed by atoms with van der Waals surface area (Å²) in [5, 5.41) is 0. The van der Waals surface area contributed by atoms with Gasteiger partial charge >= 0.3 is 18.9 Å². The maximum atomic E-state index is 4.50. The Balaban J connectivity index is -0.000000214. The molecule has 0 saturated carbocycles. The first-order valence-electron chi connectivity index (χ1n) is 4.94. The van der Waals surface area contributed by atoms with E-state index in [9.17, 15) is 0 Å². The van der Waals surface area contributed by atoms with Crippen molar-refractivity contribution in [3.8, 4) is 0 Å². The van der Waals surface area contributed by atoms with Gasteiger partial charge in [-0.3, -0.25) is 0 Å². The van der Waals surface area contributed by atoms with E-state index in [2.05, 4.69) is 53.6 Å². The average Bonchev–Trinajstić information content (AvgIpc) is 2.85. The molecular formula is C12H24LiN3. The van der Waals surface area contributed by atoms with Gasteiger partial charge in [0.25, 0.3) is 0 Å². The molecule has 0 heterocycles. The molecule has 1 aromatic rings. The number of fused-ring (bicyclic) bond motifs is 1. The molecule has 0 fully saturated rings. The first kappa shape index (κ1) is 20.8. The molecule has 3 nitrogen and oxygen atoms in total. The minimum absolute atomic E-state index is 0. The molecule has 0 unspecified atom stereocenters. The van der Waals surface area contributed by atoms with E-state index in [1.165, 1.54) is 32.3 Å². The van der Waals surface area contributed by atoms with Gasteiger partial charge in [-0.25, -0.2) is 0 Å². The predicted molar refractivity (Wildman–Crippen MR) is 76.7 cm³/mol. The van der Waals surface area contributed by atoms with Crippen molar-refractivity contribution >= 4 is 24.9 Å². The zero-order valence-corrected chi connectivity index (χ0v) is 9.90. The molecule has 2 rings (SSSR count). The molecular weight excluding hydrogens is 193 g/mol. The second-order valence-electron chi connectivity index (χ2n) is 2.31. The minimum atomic E-state index is 0. The predicted octanol–water partition coefficient (Wildman–Crippen LogP) is 0.332. The summed E-state index contributed by atoms with van der Waals surface area (Å²) in [6.45, 7) is 0. The molecule has 0 aromatic heterocycles. The molecule has 4 heteroatoms. The molecule has 0 atom stereocenters. The molecule has 6 N–H and O–H groups in total. The van der Waals surface area contributed by atoms with Gasteiger partial charge in [-0.05, 0) is 38.7 Å². The van der Waals surface area contributed by atoms with Crippen LogP contribution >= 0.6 is 0 Å². The van der Waals surface area contributed by atoms with Crippen LogP contribution in [0.1, 0.15) is 11.1 Å². The molecule has 0 saturated heterocycles. The number of allylic oxidation sites excluding steroid dienone is 1. The van der Waals surface area contributed by atoms with Crippen molar-refractivity contribution in [2.24, 2.45) is 17.2 Å². The molecule has 1 aromatic carbocycles. The quantitative estimate of drug-likeness (QED) is 0.548.